The van der Waals surface area contributed by atoms with Gasteiger partial charge in [0.05, 0.1) is 5.69 Å². The zero-order valence-electron chi connectivity index (χ0n) is 10.5. The molecule has 2 aliphatic rings. The number of carbonyl (C=O) groups is 1. The molecule has 1 amide bonds. The number of hydrogen-bond donors (Lipinski definition) is 1. The molecule has 0 atom stereocenters. The maximum Gasteiger partial charge on any atom is 0.412 e. The molecule has 1 aromatic rings. The van der Waals surface area contributed by atoms with Gasteiger partial charge in [0.1, 0.15) is 5.60 Å². The van der Waals surface area contributed by atoms with E-state index in [0.717, 1.165) is 16.8 Å². The summed E-state index contributed by atoms with van der Waals surface area (Å²) < 4.78 is 5.36. The minimum Gasteiger partial charge on any atom is -0.438 e. The number of carbonyl (C=O) groups excluding carboxylic acids is 1. The summed E-state index contributed by atoms with van der Waals surface area (Å²) in [7, 11) is 0. The summed E-state index contributed by atoms with van der Waals surface area (Å²) in [5.74, 6) is 0.715. The number of ether oxygens (including phenoxy) is 1. The Balaban J connectivity index is 2.16. The summed E-state index contributed by atoms with van der Waals surface area (Å²) in [6.45, 7) is 5.94. The van der Waals surface area contributed by atoms with Gasteiger partial charge in [0.25, 0.3) is 0 Å². The second-order valence-corrected chi connectivity index (χ2v) is 5.56. The van der Waals surface area contributed by atoms with E-state index >= 15 is 0 Å². The molecule has 0 spiro atoms. The molecule has 3 nitrogen and oxygen atoms in total. The molecule has 0 unspecified atom stereocenters. The van der Waals surface area contributed by atoms with E-state index in [2.05, 4.69) is 17.4 Å². The molecule has 1 aromatic carbocycles. The number of cyclic esters (lactones) is 1. The zero-order chi connectivity index (χ0) is 12.2. The van der Waals surface area contributed by atoms with Crippen LogP contribution in [-0.4, -0.2) is 6.09 Å². The van der Waals surface area contributed by atoms with Gasteiger partial charge in [-0.1, -0.05) is 6.07 Å². The minimum absolute atomic E-state index is 0.357. The largest absolute Gasteiger partial charge is 0.438 e. The highest BCUT2D eigenvalue weighted by atomic mass is 16.6. The minimum atomic E-state index is -0.534. The highest BCUT2D eigenvalue weighted by Crippen LogP contribution is 2.45. The first-order chi connectivity index (χ1) is 7.97. The van der Waals surface area contributed by atoms with E-state index in [0.29, 0.717) is 5.92 Å². The molecule has 3 heteroatoms. The van der Waals surface area contributed by atoms with Crippen LogP contribution in [-0.2, 0) is 10.3 Å². The molecule has 0 radical (unpaired) electrons. The zero-order valence-corrected chi connectivity index (χ0v) is 10.5. The molecule has 90 valence electrons. The first kappa shape index (κ1) is 10.6. The molecule has 1 saturated carbocycles. The van der Waals surface area contributed by atoms with Crippen molar-refractivity contribution in [2.75, 3.05) is 5.32 Å². The molecule has 1 N–H and O–H groups in total. The Morgan fingerprint density at radius 1 is 1.35 bits per heavy atom. The molecule has 1 heterocycles. The molecular formula is C14H17NO2. The van der Waals surface area contributed by atoms with Crippen molar-refractivity contribution in [3.05, 3.63) is 28.8 Å². The molecular weight excluding hydrogens is 214 g/mol. The molecule has 0 aromatic heterocycles. The molecule has 17 heavy (non-hydrogen) atoms. The molecule has 1 fully saturated rings. The smallest absolute Gasteiger partial charge is 0.412 e. The van der Waals surface area contributed by atoms with Crippen molar-refractivity contribution in [2.24, 2.45) is 0 Å². The van der Waals surface area contributed by atoms with Crippen molar-refractivity contribution in [3.8, 4) is 0 Å². The third-order valence-corrected chi connectivity index (χ3v) is 3.63. The maximum atomic E-state index is 11.5. The monoisotopic (exact) mass is 231 g/mol. The van der Waals surface area contributed by atoms with E-state index in [-0.39, 0.29) is 6.09 Å². The van der Waals surface area contributed by atoms with E-state index < -0.39 is 5.60 Å². The van der Waals surface area contributed by atoms with E-state index in [9.17, 15) is 4.79 Å². The summed E-state index contributed by atoms with van der Waals surface area (Å²) in [5, 5.41) is 2.81. The van der Waals surface area contributed by atoms with Gasteiger partial charge in [-0.25, -0.2) is 4.79 Å². The number of benzene rings is 1. The van der Waals surface area contributed by atoms with E-state index in [1.165, 1.54) is 18.4 Å². The fourth-order valence-electron chi connectivity index (χ4n) is 2.52. The van der Waals surface area contributed by atoms with E-state index in [1.54, 1.807) is 0 Å². The number of amides is 1. The second-order valence-electron chi connectivity index (χ2n) is 5.56. The Morgan fingerprint density at radius 3 is 2.71 bits per heavy atom. The Hall–Kier alpha value is -1.51. The Morgan fingerprint density at radius 2 is 2.06 bits per heavy atom. The summed E-state index contributed by atoms with van der Waals surface area (Å²) in [5.41, 5.74) is 4.01. The van der Waals surface area contributed by atoms with Crippen molar-refractivity contribution in [3.63, 3.8) is 0 Å². The number of hydrogen-bond acceptors (Lipinski definition) is 2. The van der Waals surface area contributed by atoms with Crippen LogP contribution in [0.4, 0.5) is 10.5 Å². The van der Waals surface area contributed by atoms with Crippen LogP contribution in [0.1, 0.15) is 49.3 Å². The van der Waals surface area contributed by atoms with Crippen LogP contribution >= 0.6 is 0 Å². The lowest BCUT2D eigenvalue weighted by Gasteiger charge is -2.33. The quantitative estimate of drug-likeness (QED) is 0.800. The summed E-state index contributed by atoms with van der Waals surface area (Å²) >= 11 is 0. The highest BCUT2D eigenvalue weighted by molar-refractivity contribution is 5.90. The van der Waals surface area contributed by atoms with Gasteiger partial charge in [0.2, 0.25) is 0 Å². The Labute approximate surface area is 101 Å². The van der Waals surface area contributed by atoms with Crippen molar-refractivity contribution < 1.29 is 9.53 Å². The van der Waals surface area contributed by atoms with Gasteiger partial charge < -0.3 is 4.74 Å². The average Bonchev–Trinajstić information content (AvgIpc) is 3.01. The standard InChI is InChI=1S/C14H17NO2/c1-8-6-10(9-4-5-9)7-11-12(8)15-13(16)17-14(11,2)3/h6-7,9H,4-5H2,1-3H3,(H,15,16). The normalized spacial score (nSPS) is 21.5. The van der Waals surface area contributed by atoms with Crippen LogP contribution in [0.25, 0.3) is 0 Å². The predicted molar refractivity (Wildman–Crippen MR) is 66.3 cm³/mol. The van der Waals surface area contributed by atoms with Crippen LogP contribution in [0.5, 0.6) is 0 Å². The van der Waals surface area contributed by atoms with E-state index in [4.69, 9.17) is 4.74 Å². The van der Waals surface area contributed by atoms with Crippen LogP contribution < -0.4 is 5.32 Å². The lowest BCUT2D eigenvalue weighted by atomic mass is 9.89. The van der Waals surface area contributed by atoms with Gasteiger partial charge in [0.15, 0.2) is 0 Å². The second kappa shape index (κ2) is 3.25. The van der Waals surface area contributed by atoms with Crippen LogP contribution in [0.2, 0.25) is 0 Å². The lowest BCUT2D eigenvalue weighted by Crippen LogP contribution is -2.35. The van der Waals surface area contributed by atoms with Crippen molar-refractivity contribution in [1.29, 1.82) is 0 Å². The molecule has 1 aliphatic carbocycles. The van der Waals surface area contributed by atoms with Gasteiger partial charge in [-0.3, -0.25) is 5.32 Å². The predicted octanol–water partition coefficient (Wildman–Crippen LogP) is 3.67. The third-order valence-electron chi connectivity index (χ3n) is 3.63. The number of rotatable bonds is 1. The van der Waals surface area contributed by atoms with Crippen molar-refractivity contribution >= 4 is 11.8 Å². The van der Waals surface area contributed by atoms with Crippen molar-refractivity contribution in [1.82, 2.24) is 0 Å². The summed E-state index contributed by atoms with van der Waals surface area (Å²) in [4.78, 5) is 11.5. The maximum absolute atomic E-state index is 11.5. The Bertz CT molecular complexity index is 501. The van der Waals surface area contributed by atoms with Crippen LogP contribution in [0.3, 0.4) is 0 Å². The topological polar surface area (TPSA) is 38.3 Å². The van der Waals surface area contributed by atoms with Crippen molar-refractivity contribution in [2.45, 2.75) is 45.1 Å². The summed E-state index contributed by atoms with van der Waals surface area (Å²) in [6.07, 6.45) is 2.21. The number of aryl methyl sites for hydroxylation is 1. The van der Waals surface area contributed by atoms with Gasteiger partial charge in [-0.05, 0) is 56.7 Å². The first-order valence-electron chi connectivity index (χ1n) is 6.12. The Kier molecular flexibility index (Phi) is 2.03. The summed E-state index contributed by atoms with van der Waals surface area (Å²) in [6, 6.07) is 4.39. The number of nitrogens with one attached hydrogen (secondary N) is 1. The van der Waals surface area contributed by atoms with Gasteiger partial charge >= 0.3 is 6.09 Å². The average molecular weight is 231 g/mol. The van der Waals surface area contributed by atoms with Gasteiger partial charge in [-0.15, -0.1) is 0 Å². The third kappa shape index (κ3) is 1.70. The molecule has 3 rings (SSSR count). The number of fused-ring (bicyclic) bond motifs is 1. The van der Waals surface area contributed by atoms with Gasteiger partial charge in [0, 0.05) is 5.56 Å². The molecule has 0 saturated heterocycles. The van der Waals surface area contributed by atoms with Crippen LogP contribution in [0, 0.1) is 6.92 Å². The highest BCUT2D eigenvalue weighted by Gasteiger charge is 2.36. The number of anilines is 1. The fourth-order valence-corrected chi connectivity index (χ4v) is 2.52. The molecule has 1 aliphatic heterocycles. The van der Waals surface area contributed by atoms with E-state index in [1.807, 2.05) is 20.8 Å². The molecule has 0 bridgehead atoms. The fraction of sp³-hybridized carbons (Fsp3) is 0.500. The van der Waals surface area contributed by atoms with Gasteiger partial charge in [-0.2, -0.15) is 0 Å². The van der Waals surface area contributed by atoms with Crippen LogP contribution in [0.15, 0.2) is 12.1 Å². The lowest BCUT2D eigenvalue weighted by molar-refractivity contribution is 0.0419. The SMILES string of the molecule is Cc1cc(C2CC2)cc2c1NC(=O)OC2(C)C. The first-order valence-corrected chi connectivity index (χ1v) is 6.12.